The average molecular weight is 1110 g/mol. The van der Waals surface area contributed by atoms with Crippen molar-refractivity contribution >= 4 is 17.9 Å². The van der Waals surface area contributed by atoms with Gasteiger partial charge in [-0.1, -0.05) is 326 Å². The van der Waals surface area contributed by atoms with Gasteiger partial charge in [-0.3, -0.25) is 14.4 Å². The van der Waals surface area contributed by atoms with Gasteiger partial charge in [-0.25, -0.2) is 0 Å². The highest BCUT2D eigenvalue weighted by molar-refractivity contribution is 5.71. The molecule has 0 aromatic rings. The number of carbonyl (C=O) groups excluding carboxylic acids is 3. The van der Waals surface area contributed by atoms with E-state index in [0.717, 1.165) is 89.9 Å². The zero-order chi connectivity index (χ0) is 57.1. The lowest BCUT2D eigenvalue weighted by atomic mass is 10.0. The van der Waals surface area contributed by atoms with Crippen molar-refractivity contribution in [1.82, 2.24) is 0 Å². The summed E-state index contributed by atoms with van der Waals surface area (Å²) in [5, 5.41) is 0. The van der Waals surface area contributed by atoms with Gasteiger partial charge in [0.15, 0.2) is 6.10 Å². The van der Waals surface area contributed by atoms with Crippen LogP contribution in [0.5, 0.6) is 0 Å². The largest absolute Gasteiger partial charge is 0.462 e. The Morgan fingerprint density at radius 2 is 0.494 bits per heavy atom. The first-order valence-electron chi connectivity index (χ1n) is 34.8. The number of unbranched alkanes of at least 4 members (excludes halogenated alkanes) is 43. The van der Waals surface area contributed by atoms with Crippen molar-refractivity contribution in [1.29, 1.82) is 0 Å². The topological polar surface area (TPSA) is 78.9 Å². The average Bonchev–Trinajstić information content (AvgIpc) is 3.45. The van der Waals surface area contributed by atoms with E-state index in [1.807, 2.05) is 0 Å². The van der Waals surface area contributed by atoms with Crippen LogP contribution in [0.3, 0.4) is 0 Å². The Morgan fingerprint density at radius 1 is 0.266 bits per heavy atom. The third-order valence-corrected chi connectivity index (χ3v) is 15.5. The Balaban J connectivity index is 4.34. The molecular weight excluding hydrogens is 973 g/mol. The van der Waals surface area contributed by atoms with E-state index in [-0.39, 0.29) is 31.1 Å². The summed E-state index contributed by atoms with van der Waals surface area (Å²) in [6.07, 6.45) is 86.6. The second kappa shape index (κ2) is 67.6. The van der Waals surface area contributed by atoms with E-state index in [2.05, 4.69) is 81.5 Å². The van der Waals surface area contributed by atoms with Crippen LogP contribution in [-0.4, -0.2) is 37.2 Å². The zero-order valence-electron chi connectivity index (χ0n) is 52.9. The molecule has 0 aliphatic heterocycles. The maximum absolute atomic E-state index is 13.0. The molecule has 0 N–H and O–H groups in total. The Bertz CT molecular complexity index is 1410. The van der Waals surface area contributed by atoms with Gasteiger partial charge >= 0.3 is 17.9 Å². The Hall–Kier alpha value is -2.89. The first-order valence-corrected chi connectivity index (χ1v) is 34.8. The lowest BCUT2D eigenvalue weighted by molar-refractivity contribution is -0.167. The lowest BCUT2D eigenvalue weighted by Crippen LogP contribution is -2.30. The van der Waals surface area contributed by atoms with E-state index in [1.165, 1.54) is 238 Å². The number of carbonyl (C=O) groups is 3. The van der Waals surface area contributed by atoms with Gasteiger partial charge < -0.3 is 14.2 Å². The molecule has 0 heterocycles. The van der Waals surface area contributed by atoms with Gasteiger partial charge in [-0.05, 0) is 83.5 Å². The standard InChI is InChI=1S/C73H132O6/c1-4-7-10-13-16-19-22-25-28-31-33-35-36-38-39-42-45-48-51-54-57-60-63-66-72(75)78-69-70(68-77-71(74)65-62-59-56-53-50-47-44-41-30-27-24-21-18-15-12-9-6-3)79-73(76)67-64-61-58-55-52-49-46-43-40-37-34-32-29-26-23-20-17-14-11-8-5-2/h8,11,17,20,26,29,31,33-34,37,70H,4-7,9-10,12-16,18-19,21-25,27-28,30,32,35-36,38-69H2,1-3H3/b11-8-,20-17-,29-26-,33-31-,37-34-. The van der Waals surface area contributed by atoms with Gasteiger partial charge in [0.1, 0.15) is 13.2 Å². The summed E-state index contributed by atoms with van der Waals surface area (Å²) >= 11 is 0. The van der Waals surface area contributed by atoms with E-state index in [9.17, 15) is 14.4 Å². The smallest absolute Gasteiger partial charge is 0.306 e. The quantitative estimate of drug-likeness (QED) is 0.0261. The van der Waals surface area contributed by atoms with Crippen molar-refractivity contribution in [3.63, 3.8) is 0 Å². The van der Waals surface area contributed by atoms with Crippen LogP contribution in [0.2, 0.25) is 0 Å². The van der Waals surface area contributed by atoms with E-state index < -0.39 is 6.10 Å². The van der Waals surface area contributed by atoms with Crippen molar-refractivity contribution in [2.45, 2.75) is 374 Å². The maximum atomic E-state index is 13.0. The second-order valence-electron chi connectivity index (χ2n) is 23.4. The monoisotopic (exact) mass is 1110 g/mol. The molecule has 0 rings (SSSR count). The van der Waals surface area contributed by atoms with Crippen LogP contribution >= 0.6 is 0 Å². The normalized spacial score (nSPS) is 12.4. The van der Waals surface area contributed by atoms with Crippen LogP contribution in [0.1, 0.15) is 367 Å². The van der Waals surface area contributed by atoms with Crippen LogP contribution in [0.25, 0.3) is 0 Å². The summed E-state index contributed by atoms with van der Waals surface area (Å²) < 4.78 is 17.0. The maximum Gasteiger partial charge on any atom is 0.306 e. The van der Waals surface area contributed by atoms with Crippen molar-refractivity contribution in [3.05, 3.63) is 60.8 Å². The van der Waals surface area contributed by atoms with Crippen LogP contribution in [0, 0.1) is 0 Å². The molecule has 0 aromatic heterocycles. The summed E-state index contributed by atoms with van der Waals surface area (Å²) in [7, 11) is 0. The highest BCUT2D eigenvalue weighted by atomic mass is 16.6. The minimum absolute atomic E-state index is 0.0735. The molecule has 0 saturated carbocycles. The minimum Gasteiger partial charge on any atom is -0.462 e. The fourth-order valence-electron chi connectivity index (χ4n) is 10.3. The van der Waals surface area contributed by atoms with Crippen molar-refractivity contribution in [2.24, 2.45) is 0 Å². The summed E-state index contributed by atoms with van der Waals surface area (Å²) in [5.41, 5.74) is 0. The number of ether oxygens (including phenoxy) is 3. The zero-order valence-corrected chi connectivity index (χ0v) is 52.9. The third-order valence-electron chi connectivity index (χ3n) is 15.5. The Kier molecular flexibility index (Phi) is 65.1. The molecule has 0 aliphatic rings. The predicted octanol–water partition coefficient (Wildman–Crippen LogP) is 23.9. The molecule has 1 atom stereocenters. The molecule has 79 heavy (non-hydrogen) atoms. The van der Waals surface area contributed by atoms with Gasteiger partial charge in [0.2, 0.25) is 0 Å². The van der Waals surface area contributed by atoms with Gasteiger partial charge in [-0.2, -0.15) is 0 Å². The molecule has 6 heteroatoms. The molecule has 0 radical (unpaired) electrons. The SMILES string of the molecule is CC/C=C\C/C=C\C/C=C\C/C=C\CCCCCCCCCCC(=O)OC(COC(=O)CCCCCCCCCCCCC/C=C\CCCCCCCCCC)COC(=O)CCCCCCCCCCCCCCCCCCC. The molecular formula is C73H132O6. The van der Waals surface area contributed by atoms with Crippen molar-refractivity contribution < 1.29 is 28.6 Å². The second-order valence-corrected chi connectivity index (χ2v) is 23.4. The van der Waals surface area contributed by atoms with Crippen molar-refractivity contribution in [3.8, 4) is 0 Å². The molecule has 0 fully saturated rings. The predicted molar refractivity (Wildman–Crippen MR) is 344 cm³/mol. The lowest BCUT2D eigenvalue weighted by Gasteiger charge is -2.18. The highest BCUT2D eigenvalue weighted by Crippen LogP contribution is 2.18. The Labute approximate surface area is 491 Å². The van der Waals surface area contributed by atoms with E-state index in [1.54, 1.807) is 0 Å². The number of rotatable bonds is 64. The fourth-order valence-corrected chi connectivity index (χ4v) is 10.3. The van der Waals surface area contributed by atoms with Crippen LogP contribution in [0.4, 0.5) is 0 Å². The number of allylic oxidation sites excluding steroid dienone is 10. The molecule has 0 aromatic carbocycles. The molecule has 0 amide bonds. The summed E-state index contributed by atoms with van der Waals surface area (Å²) in [6, 6.07) is 0. The summed E-state index contributed by atoms with van der Waals surface area (Å²) in [5.74, 6) is -0.858. The van der Waals surface area contributed by atoms with Crippen LogP contribution in [0.15, 0.2) is 60.8 Å². The summed E-state index contributed by atoms with van der Waals surface area (Å²) in [4.78, 5) is 38.5. The van der Waals surface area contributed by atoms with Crippen LogP contribution in [-0.2, 0) is 28.6 Å². The molecule has 0 bridgehead atoms. The van der Waals surface area contributed by atoms with Gasteiger partial charge in [0.25, 0.3) is 0 Å². The van der Waals surface area contributed by atoms with Crippen molar-refractivity contribution in [2.75, 3.05) is 13.2 Å². The summed E-state index contributed by atoms with van der Waals surface area (Å²) in [6.45, 7) is 6.59. The third kappa shape index (κ3) is 65.8. The first-order chi connectivity index (χ1) is 39.0. The molecule has 460 valence electrons. The van der Waals surface area contributed by atoms with E-state index >= 15 is 0 Å². The Morgan fingerprint density at radius 3 is 0.785 bits per heavy atom. The van der Waals surface area contributed by atoms with Gasteiger partial charge in [-0.15, -0.1) is 0 Å². The van der Waals surface area contributed by atoms with E-state index in [0.29, 0.717) is 19.3 Å². The molecule has 1 unspecified atom stereocenters. The molecule has 0 aliphatic carbocycles. The van der Waals surface area contributed by atoms with Gasteiger partial charge in [0, 0.05) is 19.3 Å². The highest BCUT2D eigenvalue weighted by Gasteiger charge is 2.19. The number of hydrogen-bond acceptors (Lipinski definition) is 6. The molecule has 0 saturated heterocycles. The van der Waals surface area contributed by atoms with E-state index in [4.69, 9.17) is 14.2 Å². The fraction of sp³-hybridized carbons (Fsp3) is 0.822. The number of esters is 3. The first kappa shape index (κ1) is 76.1. The molecule has 6 nitrogen and oxygen atoms in total. The number of hydrogen-bond donors (Lipinski definition) is 0. The van der Waals surface area contributed by atoms with Crippen LogP contribution < -0.4 is 0 Å². The molecule has 0 spiro atoms. The minimum atomic E-state index is -0.779. The van der Waals surface area contributed by atoms with Gasteiger partial charge in [0.05, 0.1) is 0 Å².